The van der Waals surface area contributed by atoms with Gasteiger partial charge in [0, 0.05) is 31.4 Å². The second kappa shape index (κ2) is 7.08. The fourth-order valence-corrected chi connectivity index (χ4v) is 4.64. The second-order valence-electron chi connectivity index (χ2n) is 8.54. The molecule has 8 heteroatoms. The quantitative estimate of drug-likeness (QED) is 0.655. The van der Waals surface area contributed by atoms with Gasteiger partial charge in [-0.15, -0.1) is 0 Å². The number of aromatic nitrogens is 2. The van der Waals surface area contributed by atoms with E-state index in [1.807, 2.05) is 0 Å². The molecule has 31 heavy (non-hydrogen) atoms. The van der Waals surface area contributed by atoms with Crippen molar-refractivity contribution in [2.75, 3.05) is 23.3 Å². The number of nitrogens with zero attached hydrogens (tertiary/aromatic N) is 3. The minimum Gasteiger partial charge on any atom is -0.478 e. The van der Waals surface area contributed by atoms with Crippen LogP contribution in [-0.2, 0) is 7.05 Å². The van der Waals surface area contributed by atoms with Crippen molar-refractivity contribution in [1.82, 2.24) is 9.55 Å². The summed E-state index contributed by atoms with van der Waals surface area (Å²) in [5.74, 6) is 0.357. The molecular weight excluding hydrogens is 399 g/mol. The van der Waals surface area contributed by atoms with Crippen LogP contribution in [0.5, 0.6) is 0 Å². The molecule has 2 aromatic carbocycles. The van der Waals surface area contributed by atoms with E-state index in [0.717, 1.165) is 13.1 Å². The van der Waals surface area contributed by atoms with Gasteiger partial charge in [-0.2, -0.15) is 0 Å². The number of nitrogens with one attached hydrogen (secondary N) is 1. The largest absolute Gasteiger partial charge is 0.478 e. The Morgan fingerprint density at radius 3 is 2.68 bits per heavy atom. The van der Waals surface area contributed by atoms with Crippen molar-refractivity contribution in [1.29, 1.82) is 0 Å². The smallest absolute Gasteiger partial charge is 0.337 e. The Balaban J connectivity index is 1.60. The number of rotatable bonds is 5. The van der Waals surface area contributed by atoms with Gasteiger partial charge in [-0.1, -0.05) is 12.1 Å². The Hall–Kier alpha value is -3.42. The van der Waals surface area contributed by atoms with Crippen molar-refractivity contribution in [2.45, 2.75) is 19.4 Å². The molecule has 0 amide bonds. The lowest BCUT2D eigenvalue weighted by Gasteiger charge is -2.23. The Bertz CT molecular complexity index is 1260. The molecule has 160 valence electrons. The predicted octanol–water partition coefficient (Wildman–Crippen LogP) is 3.40. The molecule has 5 rings (SSSR count). The Labute approximate surface area is 178 Å². The van der Waals surface area contributed by atoms with Crippen LogP contribution in [0.2, 0.25) is 0 Å². The molecule has 0 radical (unpaired) electrons. The summed E-state index contributed by atoms with van der Waals surface area (Å²) in [6, 6.07) is 8.66. The average molecular weight is 422 g/mol. The Morgan fingerprint density at radius 1 is 1.26 bits per heavy atom. The molecule has 0 spiro atoms. The molecule has 1 aliphatic heterocycles. The number of anilines is 2. The van der Waals surface area contributed by atoms with E-state index in [1.54, 1.807) is 32.2 Å². The number of aromatic carboxylic acids is 1. The first-order valence-electron chi connectivity index (χ1n) is 10.4. The Kier molecular flexibility index (Phi) is 4.46. The number of halogens is 1. The maximum atomic E-state index is 14.5. The highest BCUT2D eigenvalue weighted by molar-refractivity contribution is 5.94. The van der Waals surface area contributed by atoms with Crippen molar-refractivity contribution in [2.24, 2.45) is 18.9 Å². The molecule has 7 nitrogen and oxygen atoms in total. The van der Waals surface area contributed by atoms with E-state index in [4.69, 9.17) is 4.98 Å². The van der Waals surface area contributed by atoms with Gasteiger partial charge in [0.2, 0.25) is 5.95 Å². The first-order chi connectivity index (χ1) is 14.8. The van der Waals surface area contributed by atoms with Gasteiger partial charge in [0.1, 0.15) is 5.82 Å². The third kappa shape index (κ3) is 3.32. The van der Waals surface area contributed by atoms with Crippen LogP contribution < -0.4 is 15.8 Å². The highest BCUT2D eigenvalue weighted by Crippen LogP contribution is 2.46. The fraction of sp³-hybridized carbons (Fsp3) is 0.348. The van der Waals surface area contributed by atoms with Gasteiger partial charge in [0.15, 0.2) is 0 Å². The molecule has 0 unspecified atom stereocenters. The molecule has 1 aliphatic carbocycles. The number of carboxylic acid groups (broad SMARTS) is 1. The molecule has 1 saturated heterocycles. The third-order valence-electron chi connectivity index (χ3n) is 6.41. The van der Waals surface area contributed by atoms with Crippen LogP contribution in [0, 0.1) is 17.7 Å². The summed E-state index contributed by atoms with van der Waals surface area (Å²) in [5.41, 5.74) is 1.20. The zero-order chi connectivity index (χ0) is 21.9. The van der Waals surface area contributed by atoms with Gasteiger partial charge in [-0.3, -0.25) is 9.36 Å². The highest BCUT2D eigenvalue weighted by atomic mass is 19.1. The molecule has 3 atom stereocenters. The van der Waals surface area contributed by atoms with Crippen molar-refractivity contribution in [3.8, 4) is 0 Å². The number of fused-ring (bicyclic) bond motifs is 2. The number of hydrogen-bond acceptors (Lipinski definition) is 5. The monoisotopic (exact) mass is 422 g/mol. The molecular formula is C23H23FN4O3. The topological polar surface area (TPSA) is 87.5 Å². The van der Waals surface area contributed by atoms with E-state index in [0.29, 0.717) is 34.6 Å². The van der Waals surface area contributed by atoms with Crippen LogP contribution in [-0.4, -0.2) is 33.7 Å². The number of benzene rings is 2. The fourth-order valence-electron chi connectivity index (χ4n) is 4.64. The molecule has 2 aliphatic rings. The van der Waals surface area contributed by atoms with E-state index >= 15 is 0 Å². The average Bonchev–Trinajstić information content (AvgIpc) is 3.35. The normalized spacial score (nSPS) is 20.5. The van der Waals surface area contributed by atoms with E-state index in [-0.39, 0.29) is 16.5 Å². The lowest BCUT2D eigenvalue weighted by atomic mass is 10.0. The van der Waals surface area contributed by atoms with E-state index < -0.39 is 17.8 Å². The number of carboxylic acids is 1. The summed E-state index contributed by atoms with van der Waals surface area (Å²) in [4.78, 5) is 31.5. The summed E-state index contributed by atoms with van der Waals surface area (Å²) < 4.78 is 16.0. The van der Waals surface area contributed by atoms with E-state index in [9.17, 15) is 19.1 Å². The molecule has 2 N–H and O–H groups in total. The number of piperidine rings is 1. The lowest BCUT2D eigenvalue weighted by Crippen LogP contribution is -2.31. The third-order valence-corrected chi connectivity index (χ3v) is 6.41. The summed E-state index contributed by atoms with van der Waals surface area (Å²) in [7, 11) is 1.67. The van der Waals surface area contributed by atoms with Crippen molar-refractivity contribution >= 4 is 28.5 Å². The predicted molar refractivity (Wildman–Crippen MR) is 116 cm³/mol. The van der Waals surface area contributed by atoms with Crippen LogP contribution in [0.4, 0.5) is 16.0 Å². The zero-order valence-corrected chi connectivity index (χ0v) is 17.3. The summed E-state index contributed by atoms with van der Waals surface area (Å²) in [6.45, 7) is 3.57. The standard InChI is InChI=1S/C23H23FN4O3/c1-12(25-19-6-4-3-5-16(19)22(30)31)17-8-15(24)9-18-20(17)26-23(27(2)21(18)29)28-10-13-7-14(13)11-28/h3-6,8-9,12-14,25H,7,10-11H2,1-2H3,(H,30,31)/t12-,13-,14+/m0/s1. The maximum absolute atomic E-state index is 14.5. The molecule has 3 aromatic rings. The van der Waals surface area contributed by atoms with Gasteiger partial charge in [-0.25, -0.2) is 14.2 Å². The zero-order valence-electron chi connectivity index (χ0n) is 17.3. The minimum atomic E-state index is -1.05. The first-order valence-corrected chi connectivity index (χ1v) is 10.4. The van der Waals surface area contributed by atoms with Gasteiger partial charge in [0.25, 0.3) is 5.56 Å². The molecule has 2 heterocycles. The number of para-hydroxylation sites is 1. The van der Waals surface area contributed by atoms with Crippen molar-refractivity contribution in [3.05, 3.63) is 63.7 Å². The van der Waals surface area contributed by atoms with Crippen LogP contribution in [0.15, 0.2) is 41.2 Å². The van der Waals surface area contributed by atoms with Gasteiger partial charge >= 0.3 is 5.97 Å². The van der Waals surface area contributed by atoms with Gasteiger partial charge in [0.05, 0.1) is 22.5 Å². The van der Waals surface area contributed by atoms with E-state index in [2.05, 4.69) is 10.2 Å². The van der Waals surface area contributed by atoms with Crippen molar-refractivity contribution in [3.63, 3.8) is 0 Å². The summed E-state index contributed by atoms with van der Waals surface area (Å²) in [5, 5.41) is 12.8. The number of carbonyl (C=O) groups is 1. The molecule has 2 fully saturated rings. The van der Waals surface area contributed by atoms with Gasteiger partial charge < -0.3 is 15.3 Å². The van der Waals surface area contributed by atoms with Crippen LogP contribution >= 0.6 is 0 Å². The van der Waals surface area contributed by atoms with Crippen LogP contribution in [0.25, 0.3) is 10.9 Å². The maximum Gasteiger partial charge on any atom is 0.337 e. The molecule has 1 saturated carbocycles. The SMILES string of the molecule is C[C@H](Nc1ccccc1C(=O)O)c1cc(F)cc2c(=O)n(C)c(N3C[C@H]4C[C@H]4C3)nc12. The Morgan fingerprint density at radius 2 is 1.97 bits per heavy atom. The van der Waals surface area contributed by atoms with Crippen LogP contribution in [0.3, 0.4) is 0 Å². The second-order valence-corrected chi connectivity index (χ2v) is 8.54. The summed E-state index contributed by atoms with van der Waals surface area (Å²) in [6.07, 6.45) is 1.23. The minimum absolute atomic E-state index is 0.121. The molecule has 1 aromatic heterocycles. The number of hydrogen-bond donors (Lipinski definition) is 2. The summed E-state index contributed by atoms with van der Waals surface area (Å²) >= 11 is 0. The molecule has 0 bridgehead atoms. The first kappa shape index (κ1) is 19.5. The van der Waals surface area contributed by atoms with Crippen molar-refractivity contribution < 1.29 is 14.3 Å². The van der Waals surface area contributed by atoms with Crippen LogP contribution in [0.1, 0.15) is 35.3 Å². The van der Waals surface area contributed by atoms with Gasteiger partial charge in [-0.05, 0) is 49.4 Å². The highest BCUT2D eigenvalue weighted by Gasteiger charge is 2.46. The van der Waals surface area contributed by atoms with E-state index in [1.165, 1.54) is 29.2 Å². The lowest BCUT2D eigenvalue weighted by molar-refractivity contribution is 0.0698.